The average Bonchev–Trinajstić information content (AvgIpc) is 1.84. The molecule has 1 saturated carbocycles. The van der Waals surface area contributed by atoms with Crippen molar-refractivity contribution in [1.82, 2.24) is 0 Å². The van der Waals surface area contributed by atoms with Gasteiger partial charge in [-0.1, -0.05) is 59.0 Å². The van der Waals surface area contributed by atoms with E-state index in [4.69, 9.17) is 0 Å². The van der Waals surface area contributed by atoms with Gasteiger partial charge in [0.25, 0.3) is 0 Å². The van der Waals surface area contributed by atoms with E-state index in [1.807, 2.05) is 0 Å². The first-order valence-corrected chi connectivity index (χ1v) is 6.38. The maximum absolute atomic E-state index is 2.60. The minimum atomic E-state index is 0.927. The van der Waals surface area contributed by atoms with Crippen LogP contribution in [0.4, 0.5) is 0 Å². The van der Waals surface area contributed by atoms with E-state index in [-0.39, 0.29) is 0 Å². The van der Waals surface area contributed by atoms with E-state index in [9.17, 15) is 0 Å². The summed E-state index contributed by atoms with van der Waals surface area (Å²) in [5, 5.41) is 0. The number of hydrogen-bond acceptors (Lipinski definition) is 0. The summed E-state index contributed by atoms with van der Waals surface area (Å²) in [6.07, 6.45) is 2.85. The van der Waals surface area contributed by atoms with Crippen LogP contribution in [0.15, 0.2) is 0 Å². The summed E-state index contributed by atoms with van der Waals surface area (Å²) in [7, 11) is 0. The van der Waals surface area contributed by atoms with Crippen molar-refractivity contribution in [3.63, 3.8) is 0 Å². The second kappa shape index (κ2) is 3.92. The van der Waals surface area contributed by atoms with Crippen molar-refractivity contribution in [2.75, 3.05) is 0 Å². The Morgan fingerprint density at radius 3 is 1.60 bits per heavy atom. The quantitative estimate of drug-likeness (QED) is 0.455. The van der Waals surface area contributed by atoms with Crippen molar-refractivity contribution in [2.45, 2.75) is 34.5 Å². The fraction of sp³-hybridized carbons (Fsp3) is 1.00. The Morgan fingerprint density at radius 1 is 0.900 bits per heavy atom. The molecule has 1 rings (SSSR count). The molecule has 0 aliphatic heterocycles. The highest BCUT2D eigenvalue weighted by atomic mass is 127. The van der Waals surface area contributed by atoms with Gasteiger partial charge in [-0.05, 0) is 24.7 Å². The van der Waals surface area contributed by atoms with Crippen molar-refractivity contribution < 1.29 is 0 Å². The number of hydrogen-bond donors (Lipinski definition) is 0. The molecule has 0 spiro atoms. The van der Waals surface area contributed by atoms with Crippen LogP contribution in [0.25, 0.3) is 0 Å². The van der Waals surface area contributed by atoms with Crippen LogP contribution in [0.2, 0.25) is 0 Å². The maximum atomic E-state index is 2.60. The topological polar surface area (TPSA) is 0 Å². The summed E-state index contributed by atoms with van der Waals surface area (Å²) in [6.45, 7) is 4.77. The van der Waals surface area contributed by atoms with Gasteiger partial charge in [0.1, 0.15) is 0 Å². The van der Waals surface area contributed by atoms with Crippen LogP contribution in [0.5, 0.6) is 0 Å². The van der Waals surface area contributed by atoms with Gasteiger partial charge in [0.2, 0.25) is 0 Å². The molecule has 1 aliphatic carbocycles. The van der Waals surface area contributed by atoms with Crippen molar-refractivity contribution in [3.05, 3.63) is 0 Å². The molecule has 0 aromatic heterocycles. The van der Waals surface area contributed by atoms with Gasteiger partial charge in [-0.15, -0.1) is 0 Å². The molecule has 0 radical (unpaired) electrons. The highest BCUT2D eigenvalue weighted by Crippen LogP contribution is 2.37. The summed E-state index contributed by atoms with van der Waals surface area (Å²) < 4.78 is 1.85. The molecule has 4 unspecified atom stereocenters. The zero-order chi connectivity index (χ0) is 7.72. The van der Waals surface area contributed by atoms with E-state index in [0.717, 1.165) is 19.7 Å². The van der Waals surface area contributed by atoms with E-state index in [2.05, 4.69) is 59.0 Å². The molecular weight excluding hydrogens is 350 g/mol. The summed E-state index contributed by atoms with van der Waals surface area (Å²) >= 11 is 5.21. The fourth-order valence-corrected chi connectivity index (χ4v) is 4.22. The highest BCUT2D eigenvalue weighted by molar-refractivity contribution is 14.1. The monoisotopic (exact) mass is 364 g/mol. The van der Waals surface area contributed by atoms with E-state index in [1.54, 1.807) is 0 Å². The van der Waals surface area contributed by atoms with Gasteiger partial charge in [0.05, 0.1) is 0 Å². The summed E-state index contributed by atoms with van der Waals surface area (Å²) in [5.41, 5.74) is 0. The van der Waals surface area contributed by atoms with Crippen LogP contribution in [0.1, 0.15) is 26.7 Å². The minimum absolute atomic E-state index is 0.927. The third-order valence-electron chi connectivity index (χ3n) is 2.43. The van der Waals surface area contributed by atoms with Crippen LogP contribution in [0, 0.1) is 11.8 Å². The van der Waals surface area contributed by atoms with Crippen LogP contribution in [-0.2, 0) is 0 Å². The Balaban J connectivity index is 2.46. The Morgan fingerprint density at radius 2 is 1.30 bits per heavy atom. The second-order valence-corrected chi connectivity index (χ2v) is 6.66. The predicted octanol–water partition coefficient (Wildman–Crippen LogP) is 3.66. The third-order valence-corrected chi connectivity index (χ3v) is 5.90. The van der Waals surface area contributed by atoms with Crippen molar-refractivity contribution >= 4 is 45.2 Å². The molecule has 4 atom stereocenters. The molecular formula is C8H14I2. The van der Waals surface area contributed by atoms with Crippen LogP contribution in [-0.4, -0.2) is 7.85 Å². The maximum Gasteiger partial charge on any atom is 0.0145 e. The van der Waals surface area contributed by atoms with Crippen molar-refractivity contribution in [1.29, 1.82) is 0 Å². The summed E-state index contributed by atoms with van der Waals surface area (Å²) in [5.74, 6) is 1.89. The Bertz CT molecular complexity index is 87.8. The Labute approximate surface area is 90.8 Å². The lowest BCUT2D eigenvalue weighted by atomic mass is 9.83. The van der Waals surface area contributed by atoms with Gasteiger partial charge >= 0.3 is 0 Å². The molecule has 0 heterocycles. The van der Waals surface area contributed by atoms with Crippen LogP contribution >= 0.6 is 45.2 Å². The number of alkyl halides is 2. The van der Waals surface area contributed by atoms with E-state index in [0.29, 0.717) is 0 Å². The van der Waals surface area contributed by atoms with E-state index >= 15 is 0 Å². The van der Waals surface area contributed by atoms with Crippen LogP contribution in [0.3, 0.4) is 0 Å². The second-order valence-electron chi connectivity index (χ2n) is 3.46. The lowest BCUT2D eigenvalue weighted by Gasteiger charge is -2.33. The highest BCUT2D eigenvalue weighted by Gasteiger charge is 2.29. The van der Waals surface area contributed by atoms with E-state index < -0.39 is 0 Å². The smallest absolute Gasteiger partial charge is 0.0145 e. The van der Waals surface area contributed by atoms with Crippen molar-refractivity contribution in [3.8, 4) is 0 Å². The van der Waals surface area contributed by atoms with Gasteiger partial charge in [0, 0.05) is 7.85 Å². The van der Waals surface area contributed by atoms with E-state index in [1.165, 1.54) is 12.8 Å². The molecule has 0 aromatic carbocycles. The summed E-state index contributed by atoms with van der Waals surface area (Å²) in [4.78, 5) is 0. The standard InChI is InChI=1S/C8H14I2/c1-5-3-6(2)8(10)4-7(5)9/h5-8H,3-4H2,1-2H3. The van der Waals surface area contributed by atoms with Crippen LogP contribution < -0.4 is 0 Å². The molecule has 0 amide bonds. The zero-order valence-electron chi connectivity index (χ0n) is 6.48. The largest absolute Gasteiger partial charge is 0.0823 e. The minimum Gasteiger partial charge on any atom is -0.0823 e. The SMILES string of the molecule is CC1CC(C)C(I)CC1I. The average molecular weight is 364 g/mol. The first-order valence-electron chi connectivity index (χ1n) is 3.89. The molecule has 0 saturated heterocycles. The molecule has 60 valence electrons. The molecule has 1 fully saturated rings. The lowest BCUT2D eigenvalue weighted by molar-refractivity contribution is 0.336. The molecule has 0 nitrogen and oxygen atoms in total. The van der Waals surface area contributed by atoms with Gasteiger partial charge in [-0.25, -0.2) is 0 Å². The first kappa shape index (κ1) is 9.55. The molecule has 2 heteroatoms. The zero-order valence-corrected chi connectivity index (χ0v) is 10.8. The molecule has 0 N–H and O–H groups in total. The lowest BCUT2D eigenvalue weighted by Crippen LogP contribution is -2.29. The fourth-order valence-electron chi connectivity index (χ4n) is 1.56. The Hall–Kier alpha value is 1.46. The molecule has 1 aliphatic rings. The molecule has 0 aromatic rings. The van der Waals surface area contributed by atoms with Gasteiger partial charge in [-0.2, -0.15) is 0 Å². The summed E-state index contributed by atoms with van der Waals surface area (Å²) in [6, 6.07) is 0. The third kappa shape index (κ3) is 2.22. The molecule has 0 bridgehead atoms. The van der Waals surface area contributed by atoms with Crippen molar-refractivity contribution in [2.24, 2.45) is 11.8 Å². The normalized spacial score (nSPS) is 49.2. The number of halogens is 2. The van der Waals surface area contributed by atoms with Gasteiger partial charge in [-0.3, -0.25) is 0 Å². The van der Waals surface area contributed by atoms with Gasteiger partial charge in [0.15, 0.2) is 0 Å². The Kier molecular flexibility index (Phi) is 3.74. The van der Waals surface area contributed by atoms with Gasteiger partial charge < -0.3 is 0 Å². The number of rotatable bonds is 0. The molecule has 10 heavy (non-hydrogen) atoms. The predicted molar refractivity (Wildman–Crippen MR) is 63.2 cm³/mol. The first-order chi connectivity index (χ1) is 4.61.